The first-order valence-electron chi connectivity index (χ1n) is 6.81. The molecule has 2 aromatic rings. The van der Waals surface area contributed by atoms with E-state index in [0.29, 0.717) is 13.0 Å². The first-order valence-corrected chi connectivity index (χ1v) is 6.81. The molecule has 0 bridgehead atoms. The number of rotatable bonds is 6. The van der Waals surface area contributed by atoms with E-state index < -0.39 is 0 Å². The van der Waals surface area contributed by atoms with E-state index in [4.69, 9.17) is 9.47 Å². The predicted octanol–water partition coefficient (Wildman–Crippen LogP) is 3.49. The lowest BCUT2D eigenvalue weighted by atomic mass is 10.1. The Morgan fingerprint density at radius 2 is 1.76 bits per heavy atom. The fourth-order valence-electron chi connectivity index (χ4n) is 1.95. The number of esters is 1. The molecule has 0 heterocycles. The molecular weight excluding hydrogens is 264 g/mol. The van der Waals surface area contributed by atoms with Gasteiger partial charge in [0.15, 0.2) is 0 Å². The van der Waals surface area contributed by atoms with Gasteiger partial charge in [-0.15, -0.1) is 0 Å². The van der Waals surface area contributed by atoms with Crippen LogP contribution < -0.4 is 4.74 Å². The van der Waals surface area contributed by atoms with Crippen LogP contribution in [0.5, 0.6) is 5.75 Å². The quantitative estimate of drug-likeness (QED) is 0.601. The lowest BCUT2D eigenvalue weighted by molar-refractivity contribution is -0.137. The molecule has 2 rings (SSSR count). The van der Waals surface area contributed by atoms with Crippen LogP contribution in [-0.4, -0.2) is 19.7 Å². The number of methoxy groups -OCH3 is 1. The summed E-state index contributed by atoms with van der Waals surface area (Å²) in [7, 11) is 1.63. The van der Waals surface area contributed by atoms with Crippen molar-refractivity contribution in [3.05, 3.63) is 71.8 Å². The van der Waals surface area contributed by atoms with Crippen LogP contribution in [0.15, 0.2) is 60.7 Å². The van der Waals surface area contributed by atoms with Gasteiger partial charge < -0.3 is 9.47 Å². The third-order valence-corrected chi connectivity index (χ3v) is 3.02. The third kappa shape index (κ3) is 4.80. The minimum atomic E-state index is -0.339. The zero-order chi connectivity index (χ0) is 14.9. The topological polar surface area (TPSA) is 35.5 Å². The van der Waals surface area contributed by atoms with Gasteiger partial charge in [-0.25, -0.2) is 4.79 Å². The molecule has 0 aliphatic rings. The maximum absolute atomic E-state index is 11.6. The van der Waals surface area contributed by atoms with Crippen LogP contribution in [0.3, 0.4) is 0 Å². The third-order valence-electron chi connectivity index (χ3n) is 3.02. The highest BCUT2D eigenvalue weighted by atomic mass is 16.5. The zero-order valence-electron chi connectivity index (χ0n) is 12.0. The first-order chi connectivity index (χ1) is 10.3. The molecule has 0 saturated carbocycles. The average molecular weight is 282 g/mol. The van der Waals surface area contributed by atoms with Gasteiger partial charge in [0.05, 0.1) is 13.7 Å². The highest BCUT2D eigenvalue weighted by molar-refractivity contribution is 5.87. The van der Waals surface area contributed by atoms with Gasteiger partial charge in [0.25, 0.3) is 0 Å². The maximum atomic E-state index is 11.6. The van der Waals surface area contributed by atoms with E-state index in [0.717, 1.165) is 16.9 Å². The Labute approximate surface area is 124 Å². The molecule has 0 N–H and O–H groups in total. The molecule has 2 aromatic carbocycles. The Morgan fingerprint density at radius 1 is 1.05 bits per heavy atom. The van der Waals surface area contributed by atoms with Gasteiger partial charge in [-0.1, -0.05) is 48.5 Å². The summed E-state index contributed by atoms with van der Waals surface area (Å²) >= 11 is 0. The maximum Gasteiger partial charge on any atom is 0.330 e. The minimum absolute atomic E-state index is 0.332. The van der Waals surface area contributed by atoms with Crippen molar-refractivity contribution in [3.63, 3.8) is 0 Å². The largest absolute Gasteiger partial charge is 0.496 e. The van der Waals surface area contributed by atoms with E-state index in [1.165, 1.54) is 6.08 Å². The summed E-state index contributed by atoms with van der Waals surface area (Å²) < 4.78 is 10.4. The Morgan fingerprint density at radius 3 is 2.52 bits per heavy atom. The molecular formula is C18H18O3. The minimum Gasteiger partial charge on any atom is -0.496 e. The Bertz CT molecular complexity index is 603. The molecule has 0 spiro atoms. The first kappa shape index (κ1) is 14.9. The second kappa shape index (κ2) is 7.90. The molecule has 0 amide bonds. The molecule has 0 atom stereocenters. The van der Waals surface area contributed by atoms with Crippen LogP contribution in [0.4, 0.5) is 0 Å². The molecule has 0 saturated heterocycles. The van der Waals surface area contributed by atoms with E-state index in [-0.39, 0.29) is 5.97 Å². The number of carbonyl (C=O) groups excluding carboxylic acids is 1. The van der Waals surface area contributed by atoms with Crippen molar-refractivity contribution < 1.29 is 14.3 Å². The predicted molar refractivity (Wildman–Crippen MR) is 83.1 cm³/mol. The van der Waals surface area contributed by atoms with E-state index in [1.807, 2.05) is 54.6 Å². The molecule has 3 nitrogen and oxygen atoms in total. The average Bonchev–Trinajstić information content (AvgIpc) is 2.54. The van der Waals surface area contributed by atoms with Gasteiger partial charge in [-0.05, 0) is 23.3 Å². The highest BCUT2D eigenvalue weighted by Gasteiger charge is 2.03. The summed E-state index contributed by atoms with van der Waals surface area (Å²) in [5.74, 6) is 0.474. The highest BCUT2D eigenvalue weighted by Crippen LogP contribution is 2.17. The molecule has 108 valence electrons. The second-order valence-corrected chi connectivity index (χ2v) is 4.47. The molecule has 0 aliphatic carbocycles. The van der Waals surface area contributed by atoms with Crippen molar-refractivity contribution in [2.75, 3.05) is 13.7 Å². The van der Waals surface area contributed by atoms with Crippen molar-refractivity contribution in [1.29, 1.82) is 0 Å². The molecule has 3 heteroatoms. The molecule has 0 radical (unpaired) electrons. The Hall–Kier alpha value is -2.55. The Balaban J connectivity index is 1.81. The Kier molecular flexibility index (Phi) is 5.59. The van der Waals surface area contributed by atoms with Gasteiger partial charge in [-0.2, -0.15) is 0 Å². The summed E-state index contributed by atoms with van der Waals surface area (Å²) in [6, 6.07) is 17.4. The fourth-order valence-corrected chi connectivity index (χ4v) is 1.95. The summed E-state index contributed by atoms with van der Waals surface area (Å²) in [5, 5.41) is 0. The lowest BCUT2D eigenvalue weighted by Gasteiger charge is -2.07. The lowest BCUT2D eigenvalue weighted by Crippen LogP contribution is -2.05. The molecule has 0 unspecified atom stereocenters. The number of ether oxygens (including phenoxy) is 2. The van der Waals surface area contributed by atoms with Crippen LogP contribution >= 0.6 is 0 Å². The molecule has 0 fully saturated rings. The SMILES string of the molecule is COc1ccccc1CCOC(=O)/C=C/c1ccccc1. The van der Waals surface area contributed by atoms with Gasteiger partial charge in [0.2, 0.25) is 0 Å². The van der Waals surface area contributed by atoms with Crippen LogP contribution in [0.1, 0.15) is 11.1 Å². The summed E-state index contributed by atoms with van der Waals surface area (Å²) in [6.45, 7) is 0.332. The normalized spacial score (nSPS) is 10.5. The molecule has 21 heavy (non-hydrogen) atoms. The van der Waals surface area contributed by atoms with Gasteiger partial charge in [0, 0.05) is 12.5 Å². The summed E-state index contributed by atoms with van der Waals surface area (Å²) in [5.41, 5.74) is 2.00. The number of para-hydroxylation sites is 1. The van der Waals surface area contributed by atoms with Crippen molar-refractivity contribution in [1.82, 2.24) is 0 Å². The van der Waals surface area contributed by atoms with E-state index in [1.54, 1.807) is 13.2 Å². The smallest absolute Gasteiger partial charge is 0.330 e. The second-order valence-electron chi connectivity index (χ2n) is 4.47. The number of benzene rings is 2. The fraction of sp³-hybridized carbons (Fsp3) is 0.167. The van der Waals surface area contributed by atoms with Crippen LogP contribution in [-0.2, 0) is 16.0 Å². The van der Waals surface area contributed by atoms with Crippen molar-refractivity contribution in [3.8, 4) is 5.75 Å². The zero-order valence-corrected chi connectivity index (χ0v) is 12.0. The van der Waals surface area contributed by atoms with E-state index in [2.05, 4.69) is 0 Å². The number of hydrogen-bond acceptors (Lipinski definition) is 3. The van der Waals surface area contributed by atoms with Crippen molar-refractivity contribution in [2.45, 2.75) is 6.42 Å². The van der Waals surface area contributed by atoms with Crippen LogP contribution in [0.25, 0.3) is 6.08 Å². The summed E-state index contributed by atoms with van der Waals surface area (Å²) in [6.07, 6.45) is 3.82. The standard InChI is InChI=1S/C18H18O3/c1-20-17-10-6-5-9-16(17)13-14-21-18(19)12-11-15-7-3-2-4-8-15/h2-12H,13-14H2,1H3/b12-11+. The number of hydrogen-bond donors (Lipinski definition) is 0. The number of carbonyl (C=O) groups is 1. The van der Waals surface area contributed by atoms with Crippen molar-refractivity contribution >= 4 is 12.0 Å². The summed E-state index contributed by atoms with van der Waals surface area (Å²) in [4.78, 5) is 11.6. The van der Waals surface area contributed by atoms with Gasteiger partial charge in [0.1, 0.15) is 5.75 Å². The molecule has 0 aliphatic heterocycles. The van der Waals surface area contributed by atoms with E-state index in [9.17, 15) is 4.79 Å². The van der Waals surface area contributed by atoms with Gasteiger partial charge in [-0.3, -0.25) is 0 Å². The van der Waals surface area contributed by atoms with Crippen molar-refractivity contribution in [2.24, 2.45) is 0 Å². The monoisotopic (exact) mass is 282 g/mol. The van der Waals surface area contributed by atoms with Gasteiger partial charge >= 0.3 is 5.97 Å². The van der Waals surface area contributed by atoms with Crippen LogP contribution in [0.2, 0.25) is 0 Å². The molecule has 0 aromatic heterocycles. The van der Waals surface area contributed by atoms with E-state index >= 15 is 0 Å². The van der Waals surface area contributed by atoms with Crippen LogP contribution in [0, 0.1) is 0 Å².